The van der Waals surface area contributed by atoms with Crippen molar-refractivity contribution in [1.29, 1.82) is 0 Å². The van der Waals surface area contributed by atoms with Gasteiger partial charge in [0.25, 0.3) is 5.91 Å². The molecule has 0 atom stereocenters. The second kappa shape index (κ2) is 8.88. The molecule has 2 N–H and O–H groups in total. The lowest BCUT2D eigenvalue weighted by Crippen LogP contribution is -2.44. The maximum atomic E-state index is 13.2. The molecular weight excluding hydrogens is 499 g/mol. The molecule has 2 heterocycles. The number of phenolic OH excluding ortho intramolecular Hbond substituents is 1. The Kier molecular flexibility index (Phi) is 6.18. The Morgan fingerprint density at radius 3 is 2.14 bits per heavy atom. The van der Waals surface area contributed by atoms with E-state index in [0.717, 1.165) is 22.9 Å². The van der Waals surface area contributed by atoms with Gasteiger partial charge in [-0.2, -0.15) is 26.3 Å². The zero-order valence-electron chi connectivity index (χ0n) is 18.0. The van der Waals surface area contributed by atoms with Crippen molar-refractivity contribution in [3.05, 3.63) is 65.7 Å². The van der Waals surface area contributed by atoms with Gasteiger partial charge >= 0.3 is 12.4 Å². The van der Waals surface area contributed by atoms with Gasteiger partial charge in [-0.1, -0.05) is 18.2 Å². The summed E-state index contributed by atoms with van der Waals surface area (Å²) in [5, 5.41) is 20.7. The molecule has 2 aromatic heterocycles. The van der Waals surface area contributed by atoms with Crippen molar-refractivity contribution < 1.29 is 45.7 Å². The van der Waals surface area contributed by atoms with Gasteiger partial charge < -0.3 is 19.7 Å². The summed E-state index contributed by atoms with van der Waals surface area (Å²) in [5.74, 6) is -3.39. The zero-order chi connectivity index (χ0) is 26.4. The minimum atomic E-state index is -5.14. The van der Waals surface area contributed by atoms with Gasteiger partial charge in [-0.25, -0.2) is 4.39 Å². The molecule has 2 aromatic carbocycles. The first-order valence-corrected chi connectivity index (χ1v) is 10.2. The molecule has 0 bridgehead atoms. The molecule has 0 spiro atoms. The van der Waals surface area contributed by atoms with E-state index in [1.807, 2.05) is 0 Å². The van der Waals surface area contributed by atoms with Crippen molar-refractivity contribution in [2.24, 2.45) is 0 Å². The van der Waals surface area contributed by atoms with E-state index in [0.29, 0.717) is 5.56 Å². The van der Waals surface area contributed by atoms with Crippen LogP contribution in [0.5, 0.6) is 11.6 Å². The average molecular weight is 515 g/mol. The second-order valence-electron chi connectivity index (χ2n) is 8.01. The molecule has 0 saturated heterocycles. The lowest BCUT2D eigenvalue weighted by Gasteiger charge is -2.26. The Labute approximate surface area is 197 Å². The summed E-state index contributed by atoms with van der Waals surface area (Å²) in [7, 11) is 0. The highest BCUT2D eigenvalue weighted by Gasteiger charge is 2.41. The molecule has 0 fully saturated rings. The number of halogens is 7. The predicted molar refractivity (Wildman–Crippen MR) is 114 cm³/mol. The molecular formula is C23H16F7N3O3. The number of amides is 1. The van der Waals surface area contributed by atoms with Crippen LogP contribution in [-0.2, 0) is 6.54 Å². The van der Waals surface area contributed by atoms with Crippen LogP contribution in [0.4, 0.5) is 30.7 Å². The number of carbonyl (C=O) groups excluding carboxylic acids is 1. The van der Waals surface area contributed by atoms with Crippen molar-refractivity contribution in [1.82, 2.24) is 14.5 Å². The van der Waals surface area contributed by atoms with E-state index in [4.69, 9.17) is 0 Å². The van der Waals surface area contributed by atoms with Gasteiger partial charge in [0.2, 0.25) is 5.88 Å². The maximum absolute atomic E-state index is 13.2. The normalized spacial score (nSPS) is 12.4. The van der Waals surface area contributed by atoms with Crippen LogP contribution >= 0.6 is 0 Å². The molecule has 36 heavy (non-hydrogen) atoms. The van der Waals surface area contributed by atoms with Crippen LogP contribution in [0.15, 0.2) is 48.8 Å². The summed E-state index contributed by atoms with van der Waals surface area (Å²) >= 11 is 0. The highest BCUT2D eigenvalue weighted by atomic mass is 19.4. The fourth-order valence-electron chi connectivity index (χ4n) is 3.96. The summed E-state index contributed by atoms with van der Waals surface area (Å²) in [6.45, 7) is -4.48. The predicted octanol–water partition coefficient (Wildman–Crippen LogP) is 5.35. The topological polar surface area (TPSA) is 78.6 Å². The molecule has 0 aliphatic carbocycles. The maximum Gasteiger partial charge on any atom is 0.406 e. The molecule has 0 radical (unpaired) electrons. The van der Waals surface area contributed by atoms with Gasteiger partial charge in [-0.05, 0) is 23.8 Å². The van der Waals surface area contributed by atoms with Gasteiger partial charge in [-0.15, -0.1) is 0 Å². The van der Waals surface area contributed by atoms with Crippen LogP contribution in [0.3, 0.4) is 0 Å². The number of carbonyl (C=O) groups is 1. The minimum absolute atomic E-state index is 0.119. The lowest BCUT2D eigenvalue weighted by molar-refractivity contribution is -0.171. The summed E-state index contributed by atoms with van der Waals surface area (Å²) in [5.41, 5.74) is -0.437. The van der Waals surface area contributed by atoms with Crippen LogP contribution in [0.2, 0.25) is 0 Å². The summed E-state index contributed by atoms with van der Waals surface area (Å²) in [4.78, 5) is 16.7. The fourth-order valence-corrected chi connectivity index (χ4v) is 3.96. The molecule has 13 heteroatoms. The molecule has 4 aromatic rings. The van der Waals surface area contributed by atoms with Gasteiger partial charge in [0.15, 0.2) is 5.75 Å². The lowest BCUT2D eigenvalue weighted by atomic mass is 10.00. The number of hydrogen-bond donors (Lipinski definition) is 2. The first-order chi connectivity index (χ1) is 16.7. The number of phenols is 1. The molecule has 6 nitrogen and oxygen atoms in total. The van der Waals surface area contributed by atoms with Gasteiger partial charge in [0.1, 0.15) is 24.4 Å². The Bertz CT molecular complexity index is 1430. The standard InChI is InChI=1S/C23H16F7N3O3/c24-13-5-3-12(4-6-13)8-32-9-15-16(20(35)33(10-22(25,26)27)11-23(28,29)30)14-2-1-7-31-18(14)19(34)17(15)21(32)36/h1-7,9,34,36H,8,10-11H2. The molecule has 0 aliphatic heterocycles. The molecule has 0 unspecified atom stereocenters. The number of rotatable bonds is 5. The van der Waals surface area contributed by atoms with E-state index < -0.39 is 59.3 Å². The Morgan fingerprint density at radius 1 is 0.944 bits per heavy atom. The number of hydrogen-bond acceptors (Lipinski definition) is 4. The summed E-state index contributed by atoms with van der Waals surface area (Å²) < 4.78 is 93.0. The number of benzene rings is 2. The summed E-state index contributed by atoms with van der Waals surface area (Å²) in [6, 6.07) is 7.56. The van der Waals surface area contributed by atoms with E-state index in [-0.39, 0.29) is 28.2 Å². The number of fused-ring (bicyclic) bond motifs is 2. The first kappa shape index (κ1) is 25.1. The van der Waals surface area contributed by atoms with Crippen LogP contribution in [0.25, 0.3) is 21.7 Å². The largest absolute Gasteiger partial charge is 0.505 e. The number of aromatic hydroxyl groups is 2. The van der Waals surface area contributed by atoms with Crippen molar-refractivity contribution in [3.63, 3.8) is 0 Å². The average Bonchev–Trinajstić information content (AvgIpc) is 3.09. The zero-order valence-corrected chi connectivity index (χ0v) is 18.0. The van der Waals surface area contributed by atoms with Crippen LogP contribution in [0, 0.1) is 5.82 Å². The molecule has 4 rings (SSSR count). The molecule has 1 amide bonds. The number of alkyl halides is 6. The number of aromatic nitrogens is 2. The van der Waals surface area contributed by atoms with Crippen LogP contribution in [0.1, 0.15) is 15.9 Å². The Balaban J connectivity index is 1.95. The van der Waals surface area contributed by atoms with Crippen LogP contribution in [-0.4, -0.2) is 56.0 Å². The Morgan fingerprint density at radius 2 is 1.56 bits per heavy atom. The highest BCUT2D eigenvalue weighted by Crippen LogP contribution is 2.43. The van der Waals surface area contributed by atoms with Crippen molar-refractivity contribution in [3.8, 4) is 11.6 Å². The number of nitrogens with zero attached hydrogens (tertiary/aromatic N) is 3. The smallest absolute Gasteiger partial charge is 0.406 e. The van der Waals surface area contributed by atoms with Crippen LogP contribution < -0.4 is 0 Å². The van der Waals surface area contributed by atoms with Gasteiger partial charge in [-0.3, -0.25) is 9.78 Å². The van der Waals surface area contributed by atoms with E-state index in [1.165, 1.54) is 30.5 Å². The minimum Gasteiger partial charge on any atom is -0.505 e. The third-order valence-corrected chi connectivity index (χ3v) is 5.36. The molecule has 0 aliphatic rings. The fraction of sp³-hybridized carbons (Fsp3) is 0.217. The quantitative estimate of drug-likeness (QED) is 0.351. The van der Waals surface area contributed by atoms with Gasteiger partial charge in [0, 0.05) is 23.2 Å². The second-order valence-corrected chi connectivity index (χ2v) is 8.01. The summed E-state index contributed by atoms with van der Waals surface area (Å²) in [6.07, 6.45) is -7.96. The third-order valence-electron chi connectivity index (χ3n) is 5.36. The monoisotopic (exact) mass is 515 g/mol. The highest BCUT2D eigenvalue weighted by molar-refractivity contribution is 6.21. The SMILES string of the molecule is O=C(c1c2cccnc2c(O)c2c(O)n(Cc3ccc(F)cc3)cc12)N(CC(F)(F)F)CC(F)(F)F. The van der Waals surface area contributed by atoms with Gasteiger partial charge in [0.05, 0.1) is 17.5 Å². The van der Waals surface area contributed by atoms with E-state index in [1.54, 1.807) is 0 Å². The molecule has 190 valence electrons. The third kappa shape index (κ3) is 4.99. The van der Waals surface area contributed by atoms with Crippen molar-refractivity contribution in [2.45, 2.75) is 18.9 Å². The number of pyridine rings is 1. The first-order valence-electron chi connectivity index (χ1n) is 10.2. The molecule has 0 saturated carbocycles. The van der Waals surface area contributed by atoms with Crippen molar-refractivity contribution >= 4 is 27.6 Å². The van der Waals surface area contributed by atoms with E-state index in [9.17, 15) is 45.7 Å². The Hall–Kier alpha value is -4.03. The van der Waals surface area contributed by atoms with Crippen molar-refractivity contribution in [2.75, 3.05) is 13.1 Å². The van der Waals surface area contributed by atoms with E-state index in [2.05, 4.69) is 4.98 Å². The van der Waals surface area contributed by atoms with E-state index >= 15 is 0 Å².